The van der Waals surface area contributed by atoms with Crippen molar-refractivity contribution in [1.82, 2.24) is 0 Å². The first kappa shape index (κ1) is 16.1. The topological polar surface area (TPSA) is 43.4 Å². The summed E-state index contributed by atoms with van der Waals surface area (Å²) in [4.78, 5) is 25.5. The second-order valence-corrected chi connectivity index (χ2v) is 7.21. The zero-order valence-corrected chi connectivity index (χ0v) is 14.5. The van der Waals surface area contributed by atoms with Crippen LogP contribution < -0.4 is 0 Å². The molecule has 0 amide bonds. The van der Waals surface area contributed by atoms with Gasteiger partial charge in [0.15, 0.2) is 11.4 Å². The standard InChI is InChI=1S/C22H22O3/c1-15-14-17(10-11-18(15)16-8-4-2-5-9-16)19-20(23)22(25-21(19)24)12-6-3-7-13-22/h2,4-5,8-11,14,19H,3,6-7,12-13H2,1H3. The number of hydrogen-bond donors (Lipinski definition) is 0. The van der Waals surface area contributed by atoms with Crippen LogP contribution in [0.15, 0.2) is 48.5 Å². The molecule has 128 valence electrons. The van der Waals surface area contributed by atoms with Gasteiger partial charge in [-0.25, -0.2) is 0 Å². The van der Waals surface area contributed by atoms with E-state index in [0.717, 1.165) is 41.5 Å². The van der Waals surface area contributed by atoms with Gasteiger partial charge >= 0.3 is 5.97 Å². The fourth-order valence-electron chi connectivity index (χ4n) is 4.24. The molecular formula is C22H22O3. The normalized spacial score (nSPS) is 22.2. The summed E-state index contributed by atoms with van der Waals surface area (Å²) in [6.07, 6.45) is 4.38. The van der Waals surface area contributed by atoms with Crippen molar-refractivity contribution in [2.45, 2.75) is 50.5 Å². The van der Waals surface area contributed by atoms with Crippen LogP contribution in [0.3, 0.4) is 0 Å². The van der Waals surface area contributed by atoms with Crippen LogP contribution in [-0.4, -0.2) is 17.4 Å². The van der Waals surface area contributed by atoms with E-state index in [9.17, 15) is 9.59 Å². The van der Waals surface area contributed by atoms with Crippen LogP contribution >= 0.6 is 0 Å². The molecule has 1 aliphatic carbocycles. The van der Waals surface area contributed by atoms with E-state index in [1.54, 1.807) is 0 Å². The van der Waals surface area contributed by atoms with Crippen molar-refractivity contribution < 1.29 is 14.3 Å². The van der Waals surface area contributed by atoms with E-state index in [0.29, 0.717) is 12.8 Å². The molecule has 1 saturated carbocycles. The third kappa shape index (κ3) is 2.68. The number of esters is 1. The Morgan fingerprint density at radius 2 is 1.68 bits per heavy atom. The molecule has 1 spiro atoms. The first-order valence-corrected chi connectivity index (χ1v) is 9.04. The van der Waals surface area contributed by atoms with Crippen LogP contribution in [0.2, 0.25) is 0 Å². The average molecular weight is 334 g/mol. The van der Waals surface area contributed by atoms with Crippen LogP contribution in [-0.2, 0) is 14.3 Å². The average Bonchev–Trinajstić information content (AvgIpc) is 2.86. The summed E-state index contributed by atoms with van der Waals surface area (Å²) < 4.78 is 5.64. The number of Topliss-reactive ketones (excluding diaryl/α,β-unsaturated/α-hetero) is 1. The van der Waals surface area contributed by atoms with E-state index in [1.807, 2.05) is 43.3 Å². The SMILES string of the molecule is Cc1cc(C2C(=O)OC3(CCCCC3)C2=O)ccc1-c1ccccc1. The molecule has 0 radical (unpaired) electrons. The Hall–Kier alpha value is -2.42. The lowest BCUT2D eigenvalue weighted by atomic mass is 9.78. The maximum Gasteiger partial charge on any atom is 0.322 e. The molecule has 4 rings (SSSR count). The highest BCUT2D eigenvalue weighted by atomic mass is 16.6. The molecule has 0 bridgehead atoms. The van der Waals surface area contributed by atoms with Gasteiger partial charge in [0.25, 0.3) is 0 Å². The third-order valence-electron chi connectivity index (χ3n) is 5.57. The molecule has 1 heterocycles. The molecule has 1 atom stereocenters. The van der Waals surface area contributed by atoms with Crippen LogP contribution in [0.25, 0.3) is 11.1 Å². The number of ketones is 1. The van der Waals surface area contributed by atoms with Crippen molar-refractivity contribution in [3.63, 3.8) is 0 Å². The molecule has 2 aliphatic rings. The molecule has 1 aliphatic heterocycles. The molecule has 0 aromatic heterocycles. The zero-order valence-electron chi connectivity index (χ0n) is 14.5. The lowest BCUT2D eigenvalue weighted by molar-refractivity contribution is -0.154. The highest BCUT2D eigenvalue weighted by Gasteiger charge is 2.55. The number of ether oxygens (including phenoxy) is 1. The van der Waals surface area contributed by atoms with Gasteiger partial charge in [-0.2, -0.15) is 0 Å². The fraction of sp³-hybridized carbons (Fsp3) is 0.364. The van der Waals surface area contributed by atoms with Crippen LogP contribution in [0.1, 0.15) is 49.1 Å². The molecule has 0 N–H and O–H groups in total. The van der Waals surface area contributed by atoms with Crippen LogP contribution in [0.5, 0.6) is 0 Å². The lowest BCUT2D eigenvalue weighted by Crippen LogP contribution is -2.39. The number of carbonyl (C=O) groups excluding carboxylic acids is 2. The maximum absolute atomic E-state index is 13.0. The van der Waals surface area contributed by atoms with Crippen LogP contribution in [0.4, 0.5) is 0 Å². The number of aryl methyl sites for hydroxylation is 1. The van der Waals surface area contributed by atoms with Crippen molar-refractivity contribution >= 4 is 11.8 Å². The first-order valence-electron chi connectivity index (χ1n) is 9.04. The lowest BCUT2D eigenvalue weighted by Gasteiger charge is -2.29. The Labute approximate surface area is 148 Å². The molecular weight excluding hydrogens is 312 g/mol. The monoisotopic (exact) mass is 334 g/mol. The zero-order chi connectivity index (χ0) is 17.4. The fourth-order valence-corrected chi connectivity index (χ4v) is 4.24. The molecule has 25 heavy (non-hydrogen) atoms. The Kier molecular flexibility index (Phi) is 3.95. The van der Waals surface area contributed by atoms with Gasteiger partial charge in [-0.3, -0.25) is 9.59 Å². The summed E-state index contributed by atoms with van der Waals surface area (Å²) in [5, 5.41) is 0. The number of hydrogen-bond acceptors (Lipinski definition) is 3. The van der Waals surface area contributed by atoms with Gasteiger partial charge < -0.3 is 4.74 Å². The largest absolute Gasteiger partial charge is 0.450 e. The van der Waals surface area contributed by atoms with Gasteiger partial charge in [0.05, 0.1) is 0 Å². The third-order valence-corrected chi connectivity index (χ3v) is 5.57. The predicted octanol–water partition coefficient (Wildman–Crippen LogP) is 4.57. The van der Waals surface area contributed by atoms with Gasteiger partial charge in [-0.15, -0.1) is 0 Å². The summed E-state index contributed by atoms with van der Waals surface area (Å²) in [5.41, 5.74) is 3.22. The summed E-state index contributed by atoms with van der Waals surface area (Å²) in [5.74, 6) is -1.18. The summed E-state index contributed by atoms with van der Waals surface area (Å²) in [6.45, 7) is 2.02. The van der Waals surface area contributed by atoms with Gasteiger partial charge in [0.2, 0.25) is 0 Å². The van der Waals surface area contributed by atoms with E-state index < -0.39 is 11.5 Å². The van der Waals surface area contributed by atoms with Crippen molar-refractivity contribution in [1.29, 1.82) is 0 Å². The van der Waals surface area contributed by atoms with E-state index >= 15 is 0 Å². The minimum atomic E-state index is -0.855. The van der Waals surface area contributed by atoms with E-state index in [1.165, 1.54) is 0 Å². The second kappa shape index (κ2) is 6.14. The molecule has 2 aromatic rings. The number of carbonyl (C=O) groups is 2. The van der Waals surface area contributed by atoms with Crippen LogP contribution in [0, 0.1) is 6.92 Å². The molecule has 1 saturated heterocycles. The van der Waals surface area contributed by atoms with Crippen molar-refractivity contribution in [3.05, 3.63) is 59.7 Å². The van der Waals surface area contributed by atoms with Crippen molar-refractivity contribution in [3.8, 4) is 11.1 Å². The Morgan fingerprint density at radius 3 is 2.36 bits per heavy atom. The highest BCUT2D eigenvalue weighted by molar-refractivity contribution is 6.13. The predicted molar refractivity (Wildman–Crippen MR) is 96.3 cm³/mol. The maximum atomic E-state index is 13.0. The van der Waals surface area contributed by atoms with E-state index in [-0.39, 0.29) is 11.8 Å². The Bertz CT molecular complexity index is 816. The molecule has 3 nitrogen and oxygen atoms in total. The van der Waals surface area contributed by atoms with Gasteiger partial charge in [-0.05, 0) is 54.9 Å². The smallest absolute Gasteiger partial charge is 0.322 e. The molecule has 2 aromatic carbocycles. The van der Waals surface area contributed by atoms with Gasteiger partial charge in [0, 0.05) is 0 Å². The Morgan fingerprint density at radius 1 is 0.960 bits per heavy atom. The minimum Gasteiger partial charge on any atom is -0.450 e. The van der Waals surface area contributed by atoms with Gasteiger partial charge in [-0.1, -0.05) is 55.0 Å². The minimum absolute atomic E-state index is 0.0379. The van der Waals surface area contributed by atoms with Crippen molar-refractivity contribution in [2.75, 3.05) is 0 Å². The van der Waals surface area contributed by atoms with Crippen molar-refractivity contribution in [2.24, 2.45) is 0 Å². The first-order chi connectivity index (χ1) is 12.1. The number of rotatable bonds is 2. The summed E-state index contributed by atoms with van der Waals surface area (Å²) >= 11 is 0. The molecule has 3 heteroatoms. The second-order valence-electron chi connectivity index (χ2n) is 7.21. The van der Waals surface area contributed by atoms with E-state index in [4.69, 9.17) is 4.74 Å². The van der Waals surface area contributed by atoms with Gasteiger partial charge in [0.1, 0.15) is 5.92 Å². The quantitative estimate of drug-likeness (QED) is 0.597. The number of benzene rings is 2. The summed E-state index contributed by atoms with van der Waals surface area (Å²) in [6, 6.07) is 16.0. The Balaban J connectivity index is 1.67. The summed E-state index contributed by atoms with van der Waals surface area (Å²) in [7, 11) is 0. The highest BCUT2D eigenvalue weighted by Crippen LogP contribution is 2.43. The molecule has 2 fully saturated rings. The van der Waals surface area contributed by atoms with E-state index in [2.05, 4.69) is 12.1 Å². The molecule has 1 unspecified atom stereocenters.